The maximum atomic E-state index is 12.7. The first-order valence-corrected chi connectivity index (χ1v) is 9.10. The van der Waals surface area contributed by atoms with Crippen LogP contribution in [0.2, 0.25) is 0 Å². The quantitative estimate of drug-likeness (QED) is 0.736. The Morgan fingerprint density at radius 3 is 2.67 bits per heavy atom. The Labute approximate surface area is 148 Å². The average molecular weight is 350 g/mol. The van der Waals surface area contributed by atoms with E-state index in [2.05, 4.69) is 30.4 Å². The predicted molar refractivity (Wildman–Crippen MR) is 97.4 cm³/mol. The Kier molecular flexibility index (Phi) is 6.57. The third-order valence-electron chi connectivity index (χ3n) is 4.47. The molecule has 24 heavy (non-hydrogen) atoms. The number of hydrogen-bond donors (Lipinski definition) is 0. The molecule has 0 fully saturated rings. The summed E-state index contributed by atoms with van der Waals surface area (Å²) in [6, 6.07) is 2.10. The molecule has 6 heteroatoms. The standard InChI is InChI=1S/C18H27N3O2S/c1-13-8-11-24-17(13)12-21(9-10-23-5)18(22)7-6-16-14(2)19-20(4)15(16)3/h8,11H,6-7,9-10,12H2,1-5H3. The van der Waals surface area contributed by atoms with Crippen LogP contribution in [0.1, 0.15) is 33.8 Å². The normalized spacial score (nSPS) is 11.0. The lowest BCUT2D eigenvalue weighted by Crippen LogP contribution is -2.33. The van der Waals surface area contributed by atoms with Crippen LogP contribution in [-0.2, 0) is 29.5 Å². The molecule has 5 nitrogen and oxygen atoms in total. The molecule has 2 heterocycles. The number of nitrogens with zero attached hydrogens (tertiary/aromatic N) is 3. The van der Waals surface area contributed by atoms with E-state index in [9.17, 15) is 4.79 Å². The fourth-order valence-electron chi connectivity index (χ4n) is 2.80. The van der Waals surface area contributed by atoms with Crippen molar-refractivity contribution in [2.24, 2.45) is 7.05 Å². The number of amides is 1. The summed E-state index contributed by atoms with van der Waals surface area (Å²) in [6.07, 6.45) is 1.23. The zero-order valence-corrected chi connectivity index (χ0v) is 16.1. The molecule has 0 N–H and O–H groups in total. The minimum Gasteiger partial charge on any atom is -0.383 e. The van der Waals surface area contributed by atoms with Gasteiger partial charge in [0, 0.05) is 37.7 Å². The summed E-state index contributed by atoms with van der Waals surface area (Å²) in [7, 11) is 3.61. The van der Waals surface area contributed by atoms with Crippen LogP contribution < -0.4 is 0 Å². The molecule has 0 unspecified atom stereocenters. The highest BCUT2D eigenvalue weighted by atomic mass is 32.1. The first-order chi connectivity index (χ1) is 11.4. The van der Waals surface area contributed by atoms with Crippen molar-refractivity contribution < 1.29 is 9.53 Å². The summed E-state index contributed by atoms with van der Waals surface area (Å²) >= 11 is 1.70. The van der Waals surface area contributed by atoms with E-state index in [4.69, 9.17) is 4.74 Å². The van der Waals surface area contributed by atoms with Gasteiger partial charge >= 0.3 is 0 Å². The number of carbonyl (C=O) groups excluding carboxylic acids is 1. The minimum atomic E-state index is 0.169. The number of thiophene rings is 1. The lowest BCUT2D eigenvalue weighted by atomic mass is 10.1. The molecule has 0 radical (unpaired) electrons. The van der Waals surface area contributed by atoms with Crippen LogP contribution in [0.25, 0.3) is 0 Å². The zero-order valence-electron chi connectivity index (χ0n) is 15.3. The third-order valence-corrected chi connectivity index (χ3v) is 5.48. The van der Waals surface area contributed by atoms with Crippen LogP contribution in [0.15, 0.2) is 11.4 Å². The maximum Gasteiger partial charge on any atom is 0.223 e. The number of aryl methyl sites for hydroxylation is 3. The zero-order chi connectivity index (χ0) is 17.7. The molecule has 0 bridgehead atoms. The second-order valence-corrected chi connectivity index (χ2v) is 7.11. The highest BCUT2D eigenvalue weighted by Gasteiger charge is 2.17. The molecule has 2 aromatic heterocycles. The molecular formula is C18H27N3O2S. The van der Waals surface area contributed by atoms with E-state index in [0.29, 0.717) is 26.1 Å². The van der Waals surface area contributed by atoms with E-state index in [1.54, 1.807) is 18.4 Å². The SMILES string of the molecule is COCCN(Cc1sccc1C)C(=O)CCc1c(C)nn(C)c1C. The predicted octanol–water partition coefficient (Wildman–Crippen LogP) is 3.01. The van der Waals surface area contributed by atoms with E-state index in [-0.39, 0.29) is 5.91 Å². The second kappa shape index (κ2) is 8.44. The molecule has 0 saturated carbocycles. The molecule has 0 atom stereocenters. The van der Waals surface area contributed by atoms with Crippen molar-refractivity contribution in [3.8, 4) is 0 Å². The van der Waals surface area contributed by atoms with Gasteiger partial charge in [0.25, 0.3) is 0 Å². The van der Waals surface area contributed by atoms with Gasteiger partial charge in [-0.3, -0.25) is 9.48 Å². The number of rotatable bonds is 8. The van der Waals surface area contributed by atoms with Crippen molar-refractivity contribution in [2.75, 3.05) is 20.3 Å². The molecule has 0 aromatic carbocycles. The number of ether oxygens (including phenoxy) is 1. The van der Waals surface area contributed by atoms with Gasteiger partial charge in [0.05, 0.1) is 18.8 Å². The molecule has 0 saturated heterocycles. The smallest absolute Gasteiger partial charge is 0.223 e. The first-order valence-electron chi connectivity index (χ1n) is 8.22. The lowest BCUT2D eigenvalue weighted by Gasteiger charge is -2.22. The van der Waals surface area contributed by atoms with Gasteiger partial charge in [-0.05, 0) is 49.8 Å². The molecular weight excluding hydrogens is 322 g/mol. The average Bonchev–Trinajstić information content (AvgIpc) is 3.05. The van der Waals surface area contributed by atoms with Crippen LogP contribution >= 0.6 is 11.3 Å². The van der Waals surface area contributed by atoms with E-state index in [1.165, 1.54) is 16.0 Å². The van der Waals surface area contributed by atoms with Gasteiger partial charge in [0.15, 0.2) is 0 Å². The summed E-state index contributed by atoms with van der Waals surface area (Å²) in [5.41, 5.74) is 4.58. The lowest BCUT2D eigenvalue weighted by molar-refractivity contribution is -0.132. The van der Waals surface area contributed by atoms with Crippen LogP contribution in [-0.4, -0.2) is 40.8 Å². The van der Waals surface area contributed by atoms with Gasteiger partial charge in [0.1, 0.15) is 0 Å². The van der Waals surface area contributed by atoms with Crippen molar-refractivity contribution in [1.29, 1.82) is 0 Å². The number of aromatic nitrogens is 2. The highest BCUT2D eigenvalue weighted by Crippen LogP contribution is 2.19. The summed E-state index contributed by atoms with van der Waals surface area (Å²) in [4.78, 5) is 15.9. The van der Waals surface area contributed by atoms with Crippen molar-refractivity contribution in [2.45, 2.75) is 40.2 Å². The summed E-state index contributed by atoms with van der Waals surface area (Å²) in [5.74, 6) is 0.169. The van der Waals surface area contributed by atoms with Crippen molar-refractivity contribution in [1.82, 2.24) is 14.7 Å². The number of methoxy groups -OCH3 is 1. The fourth-order valence-corrected chi connectivity index (χ4v) is 3.72. The van der Waals surface area contributed by atoms with Crippen LogP contribution in [0.3, 0.4) is 0 Å². The Bertz CT molecular complexity index is 690. The molecule has 0 aliphatic carbocycles. The monoisotopic (exact) mass is 349 g/mol. The van der Waals surface area contributed by atoms with Crippen LogP contribution in [0.5, 0.6) is 0 Å². The Morgan fingerprint density at radius 1 is 1.38 bits per heavy atom. The molecule has 2 aromatic rings. The summed E-state index contributed by atoms with van der Waals surface area (Å²) in [6.45, 7) is 7.99. The minimum absolute atomic E-state index is 0.169. The van der Waals surface area contributed by atoms with Crippen molar-refractivity contribution in [3.63, 3.8) is 0 Å². The van der Waals surface area contributed by atoms with Gasteiger partial charge in [-0.1, -0.05) is 0 Å². The molecule has 0 spiro atoms. The van der Waals surface area contributed by atoms with Crippen LogP contribution in [0.4, 0.5) is 0 Å². The van der Waals surface area contributed by atoms with Crippen molar-refractivity contribution in [3.05, 3.63) is 38.8 Å². The molecule has 0 aliphatic rings. The Hall–Kier alpha value is -1.66. The topological polar surface area (TPSA) is 47.4 Å². The number of carbonyl (C=O) groups is 1. The summed E-state index contributed by atoms with van der Waals surface area (Å²) in [5, 5.41) is 6.50. The Morgan fingerprint density at radius 2 is 2.12 bits per heavy atom. The second-order valence-electron chi connectivity index (χ2n) is 6.11. The molecule has 1 amide bonds. The van der Waals surface area contributed by atoms with Gasteiger partial charge < -0.3 is 9.64 Å². The van der Waals surface area contributed by atoms with E-state index in [1.807, 2.05) is 23.6 Å². The van der Waals surface area contributed by atoms with Crippen LogP contribution in [0, 0.1) is 20.8 Å². The largest absolute Gasteiger partial charge is 0.383 e. The fraction of sp³-hybridized carbons (Fsp3) is 0.556. The Balaban J connectivity index is 2.03. The highest BCUT2D eigenvalue weighted by molar-refractivity contribution is 7.10. The molecule has 132 valence electrons. The van der Waals surface area contributed by atoms with Gasteiger partial charge in [-0.2, -0.15) is 5.10 Å². The third kappa shape index (κ3) is 4.45. The summed E-state index contributed by atoms with van der Waals surface area (Å²) < 4.78 is 7.05. The van der Waals surface area contributed by atoms with Gasteiger partial charge in [-0.15, -0.1) is 11.3 Å². The van der Waals surface area contributed by atoms with E-state index < -0.39 is 0 Å². The van der Waals surface area contributed by atoms with E-state index in [0.717, 1.165) is 17.8 Å². The first kappa shape index (κ1) is 18.7. The number of hydrogen-bond acceptors (Lipinski definition) is 4. The van der Waals surface area contributed by atoms with Gasteiger partial charge in [0.2, 0.25) is 5.91 Å². The molecule has 2 rings (SSSR count). The van der Waals surface area contributed by atoms with Crippen molar-refractivity contribution >= 4 is 17.2 Å². The maximum absolute atomic E-state index is 12.7. The molecule has 0 aliphatic heterocycles. The van der Waals surface area contributed by atoms with Gasteiger partial charge in [-0.25, -0.2) is 0 Å². The van der Waals surface area contributed by atoms with E-state index >= 15 is 0 Å².